The summed E-state index contributed by atoms with van der Waals surface area (Å²) in [5, 5.41) is 1.08. The van der Waals surface area contributed by atoms with E-state index in [-0.39, 0.29) is 0 Å². The molecule has 0 aliphatic heterocycles. The Balaban J connectivity index is 1.99. The monoisotopic (exact) mass is 238 g/mol. The third-order valence-corrected chi connectivity index (χ3v) is 3.00. The van der Waals surface area contributed by atoms with E-state index in [1.165, 1.54) is 5.56 Å². The van der Waals surface area contributed by atoms with Crippen LogP contribution in [0, 0.1) is 0 Å². The van der Waals surface area contributed by atoms with E-state index >= 15 is 0 Å². The molecule has 0 unspecified atom stereocenters. The molecule has 0 bridgehead atoms. The summed E-state index contributed by atoms with van der Waals surface area (Å²) >= 11 is 0. The van der Waals surface area contributed by atoms with Crippen molar-refractivity contribution in [2.24, 2.45) is 0 Å². The minimum absolute atomic E-state index is 0.784. The molecule has 0 saturated carbocycles. The van der Waals surface area contributed by atoms with E-state index in [0.29, 0.717) is 0 Å². The first kappa shape index (κ1) is 10.9. The molecule has 0 N–H and O–H groups in total. The number of hydrogen-bond donors (Lipinski definition) is 0. The van der Waals surface area contributed by atoms with Gasteiger partial charge in [-0.3, -0.25) is 0 Å². The molecule has 1 heterocycles. The van der Waals surface area contributed by atoms with Gasteiger partial charge < -0.3 is 9.15 Å². The average Bonchev–Trinajstić information content (AvgIpc) is 2.82. The zero-order chi connectivity index (χ0) is 12.4. The van der Waals surface area contributed by atoms with Gasteiger partial charge >= 0.3 is 0 Å². The Morgan fingerprint density at radius 2 is 1.83 bits per heavy atom. The van der Waals surface area contributed by atoms with E-state index in [9.17, 15) is 0 Å². The maximum Gasteiger partial charge on any atom is 0.176 e. The van der Waals surface area contributed by atoms with Crippen molar-refractivity contribution in [3.63, 3.8) is 0 Å². The fourth-order valence-electron chi connectivity index (χ4n) is 2.13. The molecule has 90 valence electrons. The van der Waals surface area contributed by atoms with Crippen molar-refractivity contribution in [3.8, 4) is 5.75 Å². The van der Waals surface area contributed by atoms with Crippen LogP contribution in [-0.4, -0.2) is 7.11 Å². The van der Waals surface area contributed by atoms with Crippen LogP contribution >= 0.6 is 0 Å². The summed E-state index contributed by atoms with van der Waals surface area (Å²) in [6.45, 7) is 0. The number of para-hydroxylation sites is 1. The Morgan fingerprint density at radius 3 is 2.61 bits per heavy atom. The molecule has 18 heavy (non-hydrogen) atoms. The van der Waals surface area contributed by atoms with Gasteiger partial charge in [0.2, 0.25) is 0 Å². The lowest BCUT2D eigenvalue weighted by molar-refractivity contribution is 0.408. The second-order valence-corrected chi connectivity index (χ2v) is 4.25. The summed E-state index contributed by atoms with van der Waals surface area (Å²) < 4.78 is 11.2. The topological polar surface area (TPSA) is 22.4 Å². The van der Waals surface area contributed by atoms with Crippen molar-refractivity contribution in [2.75, 3.05) is 7.11 Å². The van der Waals surface area contributed by atoms with Gasteiger partial charge in [-0.05, 0) is 17.7 Å². The highest BCUT2D eigenvalue weighted by atomic mass is 16.5. The lowest BCUT2D eigenvalue weighted by Crippen LogP contribution is -1.83. The largest absolute Gasteiger partial charge is 0.493 e. The molecular weight excluding hydrogens is 224 g/mol. The van der Waals surface area contributed by atoms with Gasteiger partial charge in [-0.25, -0.2) is 0 Å². The van der Waals surface area contributed by atoms with Crippen LogP contribution in [0.25, 0.3) is 11.0 Å². The Hall–Kier alpha value is -2.22. The van der Waals surface area contributed by atoms with Crippen molar-refractivity contribution in [2.45, 2.75) is 6.42 Å². The number of benzene rings is 2. The highest BCUT2D eigenvalue weighted by Crippen LogP contribution is 2.29. The van der Waals surface area contributed by atoms with E-state index < -0.39 is 0 Å². The minimum Gasteiger partial charge on any atom is -0.493 e. The summed E-state index contributed by atoms with van der Waals surface area (Å²) in [6, 6.07) is 18.3. The predicted molar refractivity (Wildman–Crippen MR) is 72.0 cm³/mol. The number of hydrogen-bond acceptors (Lipinski definition) is 2. The van der Waals surface area contributed by atoms with Crippen molar-refractivity contribution < 1.29 is 9.15 Å². The van der Waals surface area contributed by atoms with Crippen LogP contribution in [0.4, 0.5) is 0 Å². The highest BCUT2D eigenvalue weighted by molar-refractivity contribution is 5.83. The van der Waals surface area contributed by atoms with Crippen molar-refractivity contribution >= 4 is 11.0 Å². The first-order valence-corrected chi connectivity index (χ1v) is 5.96. The van der Waals surface area contributed by atoms with E-state index in [0.717, 1.165) is 28.9 Å². The molecule has 0 aliphatic carbocycles. The first-order valence-electron chi connectivity index (χ1n) is 5.96. The van der Waals surface area contributed by atoms with E-state index in [1.807, 2.05) is 36.4 Å². The molecule has 0 spiro atoms. The standard InChI is InChI=1S/C16H14O2/c1-17-15-9-5-8-13-11-14(18-16(13)15)10-12-6-3-2-4-7-12/h2-9,11H,10H2,1H3. The molecule has 0 amide bonds. The van der Waals surface area contributed by atoms with E-state index in [4.69, 9.17) is 9.15 Å². The zero-order valence-electron chi connectivity index (χ0n) is 10.2. The predicted octanol–water partition coefficient (Wildman–Crippen LogP) is 4.03. The van der Waals surface area contributed by atoms with Gasteiger partial charge in [-0.2, -0.15) is 0 Å². The highest BCUT2D eigenvalue weighted by Gasteiger charge is 2.08. The maximum atomic E-state index is 5.87. The van der Waals surface area contributed by atoms with Crippen molar-refractivity contribution in [3.05, 3.63) is 65.9 Å². The van der Waals surface area contributed by atoms with Crippen molar-refractivity contribution in [1.82, 2.24) is 0 Å². The second-order valence-electron chi connectivity index (χ2n) is 4.25. The molecule has 3 aromatic rings. The van der Waals surface area contributed by atoms with Crippen molar-refractivity contribution in [1.29, 1.82) is 0 Å². The average molecular weight is 238 g/mol. The molecule has 2 nitrogen and oxygen atoms in total. The SMILES string of the molecule is COc1cccc2cc(Cc3ccccc3)oc12. The van der Waals surface area contributed by atoms with Gasteiger partial charge in [-0.1, -0.05) is 42.5 Å². The Kier molecular flexibility index (Phi) is 2.77. The Morgan fingerprint density at radius 1 is 1.00 bits per heavy atom. The third-order valence-electron chi connectivity index (χ3n) is 3.00. The summed E-state index contributed by atoms with van der Waals surface area (Å²) in [5.74, 6) is 1.74. The number of furan rings is 1. The molecule has 3 rings (SSSR count). The molecule has 1 aromatic heterocycles. The molecule has 0 atom stereocenters. The summed E-state index contributed by atoms with van der Waals surface area (Å²) in [7, 11) is 1.66. The van der Waals surface area contributed by atoms with Gasteiger partial charge in [-0.15, -0.1) is 0 Å². The van der Waals surface area contributed by atoms with E-state index in [1.54, 1.807) is 7.11 Å². The zero-order valence-corrected chi connectivity index (χ0v) is 10.2. The van der Waals surface area contributed by atoms with Crippen LogP contribution in [-0.2, 0) is 6.42 Å². The third kappa shape index (κ3) is 1.97. The lowest BCUT2D eigenvalue weighted by Gasteiger charge is -1.99. The van der Waals surface area contributed by atoms with E-state index in [2.05, 4.69) is 18.2 Å². The molecule has 2 heteroatoms. The lowest BCUT2D eigenvalue weighted by atomic mass is 10.1. The molecular formula is C16H14O2. The van der Waals surface area contributed by atoms with Crippen LogP contribution in [0.1, 0.15) is 11.3 Å². The fourth-order valence-corrected chi connectivity index (χ4v) is 2.13. The molecule has 0 saturated heterocycles. The number of fused-ring (bicyclic) bond motifs is 1. The van der Waals surface area contributed by atoms with Gasteiger partial charge in [0.15, 0.2) is 11.3 Å². The molecule has 0 fully saturated rings. The van der Waals surface area contributed by atoms with Gasteiger partial charge in [0.05, 0.1) is 7.11 Å². The minimum atomic E-state index is 0.784. The maximum absolute atomic E-state index is 5.87. The summed E-state index contributed by atoms with van der Waals surface area (Å²) in [6.07, 6.45) is 0.804. The van der Waals surface area contributed by atoms with Crippen LogP contribution < -0.4 is 4.74 Å². The first-order chi connectivity index (χ1) is 8.86. The molecule has 0 radical (unpaired) electrons. The van der Waals surface area contributed by atoms with Crippen LogP contribution in [0.5, 0.6) is 5.75 Å². The van der Waals surface area contributed by atoms with Gasteiger partial charge in [0.25, 0.3) is 0 Å². The second kappa shape index (κ2) is 4.57. The quantitative estimate of drug-likeness (QED) is 0.687. The Bertz CT molecular complexity index is 653. The Labute approximate surface area is 106 Å². The fraction of sp³-hybridized carbons (Fsp3) is 0.125. The molecule has 2 aromatic carbocycles. The molecule has 0 aliphatic rings. The number of methoxy groups -OCH3 is 1. The van der Waals surface area contributed by atoms with Crippen LogP contribution in [0.15, 0.2) is 59.0 Å². The summed E-state index contributed by atoms with van der Waals surface area (Å²) in [5.41, 5.74) is 2.07. The summed E-state index contributed by atoms with van der Waals surface area (Å²) in [4.78, 5) is 0. The van der Waals surface area contributed by atoms with Gasteiger partial charge in [0.1, 0.15) is 5.76 Å². The number of ether oxygens (including phenoxy) is 1. The van der Waals surface area contributed by atoms with Gasteiger partial charge in [0, 0.05) is 11.8 Å². The van der Waals surface area contributed by atoms with Crippen LogP contribution in [0.2, 0.25) is 0 Å². The normalized spacial score (nSPS) is 10.7. The smallest absolute Gasteiger partial charge is 0.176 e. The number of rotatable bonds is 3. The van der Waals surface area contributed by atoms with Crippen LogP contribution in [0.3, 0.4) is 0 Å².